The Morgan fingerprint density at radius 2 is 1.87 bits per heavy atom. The largest absolute Gasteiger partial charge is 0.411 e. The lowest BCUT2D eigenvalue weighted by Crippen LogP contribution is -2.46. The van der Waals surface area contributed by atoms with Gasteiger partial charge in [-0.1, -0.05) is 18.2 Å². The minimum Gasteiger partial charge on any atom is -0.367 e. The van der Waals surface area contributed by atoms with E-state index in [2.05, 4.69) is 14.6 Å². The molecule has 2 aromatic rings. The molecule has 0 atom stereocenters. The first-order valence-corrected chi connectivity index (χ1v) is 10.4. The van der Waals surface area contributed by atoms with E-state index in [4.69, 9.17) is 0 Å². The van der Waals surface area contributed by atoms with Crippen LogP contribution in [0.25, 0.3) is 0 Å². The average molecular weight is 435 g/mol. The summed E-state index contributed by atoms with van der Waals surface area (Å²) in [4.78, 5) is 21.4. The lowest BCUT2D eigenvalue weighted by atomic mass is 10.0. The van der Waals surface area contributed by atoms with Crippen LogP contribution in [0.2, 0.25) is 0 Å². The standard InChI is InChI=1S/C23H28F3N3O2/c1-28(21-10-14-29(15-11-21)13-9-20-4-2-3-12-27-20)22(30)19-7-5-18(6-8-19)16-31-17-23(24,25)26/h2-8,12,21H,9-11,13-17H2,1H3. The van der Waals surface area contributed by atoms with Gasteiger partial charge in [0.05, 0.1) is 6.61 Å². The normalized spacial score (nSPS) is 15.7. The molecule has 1 aliphatic rings. The zero-order chi connectivity index (χ0) is 22.3. The number of carbonyl (C=O) groups excluding carboxylic acids is 1. The van der Waals surface area contributed by atoms with Crippen LogP contribution in [0.3, 0.4) is 0 Å². The Hall–Kier alpha value is -2.45. The van der Waals surface area contributed by atoms with Gasteiger partial charge in [0.2, 0.25) is 0 Å². The van der Waals surface area contributed by atoms with E-state index in [1.165, 1.54) is 0 Å². The fourth-order valence-electron chi connectivity index (χ4n) is 3.75. The Morgan fingerprint density at radius 3 is 2.48 bits per heavy atom. The maximum Gasteiger partial charge on any atom is 0.411 e. The van der Waals surface area contributed by atoms with E-state index in [0.29, 0.717) is 11.1 Å². The molecule has 0 radical (unpaired) electrons. The number of rotatable bonds is 8. The lowest BCUT2D eigenvalue weighted by molar-refractivity contribution is -0.176. The van der Waals surface area contributed by atoms with Crippen molar-refractivity contribution in [2.24, 2.45) is 0 Å². The van der Waals surface area contributed by atoms with Crippen molar-refractivity contribution in [3.05, 3.63) is 65.5 Å². The summed E-state index contributed by atoms with van der Waals surface area (Å²) >= 11 is 0. The molecule has 0 saturated carbocycles. The summed E-state index contributed by atoms with van der Waals surface area (Å²) in [6, 6.07) is 12.7. The number of likely N-dealkylation sites (tertiary alicyclic amines) is 1. The number of benzene rings is 1. The SMILES string of the molecule is CN(C(=O)c1ccc(COCC(F)(F)F)cc1)C1CCN(CCc2ccccn2)CC1. The third kappa shape index (κ3) is 7.33. The predicted molar refractivity (Wildman–Crippen MR) is 112 cm³/mol. The topological polar surface area (TPSA) is 45.7 Å². The van der Waals surface area contributed by atoms with Crippen molar-refractivity contribution < 1.29 is 22.7 Å². The Balaban J connectivity index is 1.43. The van der Waals surface area contributed by atoms with Gasteiger partial charge >= 0.3 is 6.18 Å². The minimum absolute atomic E-state index is 0.0744. The fourth-order valence-corrected chi connectivity index (χ4v) is 3.75. The van der Waals surface area contributed by atoms with Crippen LogP contribution in [0, 0.1) is 0 Å². The van der Waals surface area contributed by atoms with Crippen molar-refractivity contribution in [3.63, 3.8) is 0 Å². The number of pyridine rings is 1. The van der Waals surface area contributed by atoms with E-state index in [0.717, 1.165) is 44.6 Å². The van der Waals surface area contributed by atoms with Crippen LogP contribution in [0.1, 0.15) is 34.5 Å². The molecule has 168 valence electrons. The molecule has 0 spiro atoms. The van der Waals surface area contributed by atoms with Crippen molar-refractivity contribution in [3.8, 4) is 0 Å². The molecule has 31 heavy (non-hydrogen) atoms. The molecule has 3 rings (SSSR count). The number of amides is 1. The highest BCUT2D eigenvalue weighted by Crippen LogP contribution is 2.19. The Bertz CT molecular complexity index is 820. The highest BCUT2D eigenvalue weighted by Gasteiger charge is 2.28. The molecule has 0 unspecified atom stereocenters. The van der Waals surface area contributed by atoms with E-state index in [-0.39, 0.29) is 18.6 Å². The van der Waals surface area contributed by atoms with Crippen molar-refractivity contribution in [1.29, 1.82) is 0 Å². The summed E-state index contributed by atoms with van der Waals surface area (Å²) in [6.07, 6.45) is 0.206. The van der Waals surface area contributed by atoms with E-state index < -0.39 is 12.8 Å². The summed E-state index contributed by atoms with van der Waals surface area (Å²) in [5.41, 5.74) is 2.22. The number of carbonyl (C=O) groups is 1. The van der Waals surface area contributed by atoms with Crippen LogP contribution >= 0.6 is 0 Å². The molecule has 1 aromatic heterocycles. The highest BCUT2D eigenvalue weighted by molar-refractivity contribution is 5.94. The maximum absolute atomic E-state index is 12.8. The second-order valence-corrected chi connectivity index (χ2v) is 7.86. The van der Waals surface area contributed by atoms with Crippen molar-refractivity contribution >= 4 is 5.91 Å². The molecule has 1 aliphatic heterocycles. The molecule has 0 aliphatic carbocycles. The second-order valence-electron chi connectivity index (χ2n) is 7.86. The third-order valence-corrected chi connectivity index (χ3v) is 5.57. The molecular formula is C23H28F3N3O2. The number of halogens is 3. The molecule has 2 heterocycles. The summed E-state index contributed by atoms with van der Waals surface area (Å²) in [7, 11) is 1.82. The molecule has 1 fully saturated rings. The number of alkyl halides is 3. The van der Waals surface area contributed by atoms with Gasteiger partial charge in [0.1, 0.15) is 6.61 Å². The van der Waals surface area contributed by atoms with Gasteiger partial charge in [-0.15, -0.1) is 0 Å². The molecule has 8 heteroatoms. The van der Waals surface area contributed by atoms with Gasteiger partial charge in [-0.05, 0) is 42.7 Å². The lowest BCUT2D eigenvalue weighted by Gasteiger charge is -2.36. The summed E-state index contributed by atoms with van der Waals surface area (Å²) in [5, 5.41) is 0. The summed E-state index contributed by atoms with van der Waals surface area (Å²) in [5.74, 6) is -0.0744. The van der Waals surface area contributed by atoms with Crippen LogP contribution in [0.5, 0.6) is 0 Å². The van der Waals surface area contributed by atoms with Crippen LogP contribution < -0.4 is 0 Å². The molecule has 0 N–H and O–H groups in total. The quantitative estimate of drug-likeness (QED) is 0.630. The van der Waals surface area contributed by atoms with E-state index in [9.17, 15) is 18.0 Å². The first-order chi connectivity index (χ1) is 14.8. The highest BCUT2D eigenvalue weighted by atomic mass is 19.4. The van der Waals surface area contributed by atoms with Crippen LogP contribution in [-0.2, 0) is 17.8 Å². The predicted octanol–water partition coefficient (Wildman–Crippen LogP) is 3.94. The Morgan fingerprint density at radius 1 is 1.16 bits per heavy atom. The minimum atomic E-state index is -4.34. The van der Waals surface area contributed by atoms with Gasteiger partial charge in [-0.3, -0.25) is 9.78 Å². The van der Waals surface area contributed by atoms with Crippen LogP contribution in [0.4, 0.5) is 13.2 Å². The molecule has 5 nitrogen and oxygen atoms in total. The van der Waals surface area contributed by atoms with E-state index in [1.54, 1.807) is 29.2 Å². The van der Waals surface area contributed by atoms with Crippen molar-refractivity contribution in [2.45, 2.75) is 38.1 Å². The van der Waals surface area contributed by atoms with Crippen molar-refractivity contribution in [2.75, 3.05) is 33.3 Å². The second kappa shape index (κ2) is 10.7. The maximum atomic E-state index is 12.8. The van der Waals surface area contributed by atoms with Gasteiger partial charge in [-0.25, -0.2) is 0 Å². The van der Waals surface area contributed by atoms with Gasteiger partial charge in [-0.2, -0.15) is 13.2 Å². The Kier molecular flexibility index (Phi) is 8.03. The number of hydrogen-bond acceptors (Lipinski definition) is 4. The third-order valence-electron chi connectivity index (χ3n) is 5.57. The molecule has 1 amide bonds. The Labute approximate surface area is 180 Å². The number of ether oxygens (including phenoxy) is 1. The number of piperidine rings is 1. The zero-order valence-electron chi connectivity index (χ0n) is 17.6. The monoisotopic (exact) mass is 435 g/mol. The molecular weight excluding hydrogens is 407 g/mol. The van der Waals surface area contributed by atoms with Crippen molar-refractivity contribution in [1.82, 2.24) is 14.8 Å². The first-order valence-electron chi connectivity index (χ1n) is 10.4. The van der Waals surface area contributed by atoms with E-state index in [1.807, 2.05) is 31.4 Å². The first kappa shape index (κ1) is 23.2. The van der Waals surface area contributed by atoms with Crippen LogP contribution in [0.15, 0.2) is 48.7 Å². The van der Waals surface area contributed by atoms with Gasteiger partial charge < -0.3 is 14.5 Å². The van der Waals surface area contributed by atoms with E-state index >= 15 is 0 Å². The van der Waals surface area contributed by atoms with Crippen LogP contribution in [-0.4, -0.2) is 66.2 Å². The number of aromatic nitrogens is 1. The zero-order valence-corrected chi connectivity index (χ0v) is 17.6. The average Bonchev–Trinajstić information content (AvgIpc) is 2.77. The molecule has 1 saturated heterocycles. The fraction of sp³-hybridized carbons (Fsp3) is 0.478. The number of nitrogens with zero attached hydrogens (tertiary/aromatic N) is 3. The van der Waals surface area contributed by atoms with Gasteiger partial charge in [0, 0.05) is 56.6 Å². The number of hydrogen-bond donors (Lipinski definition) is 0. The summed E-state index contributed by atoms with van der Waals surface area (Å²) in [6.45, 7) is 1.41. The molecule has 0 bridgehead atoms. The van der Waals surface area contributed by atoms with Gasteiger partial charge in [0.15, 0.2) is 0 Å². The van der Waals surface area contributed by atoms with Gasteiger partial charge in [0.25, 0.3) is 5.91 Å². The summed E-state index contributed by atoms with van der Waals surface area (Å²) < 4.78 is 41.1. The smallest absolute Gasteiger partial charge is 0.367 e. The molecule has 1 aromatic carbocycles.